The summed E-state index contributed by atoms with van der Waals surface area (Å²) in [6.45, 7) is 6.97. The molecular formula is C12H27Se. The first-order valence-electron chi connectivity index (χ1n) is 5.99. The summed E-state index contributed by atoms with van der Waals surface area (Å²) in [6, 6.07) is 0. The second-order valence-electron chi connectivity index (χ2n) is 3.79. The molecule has 0 bridgehead atoms. The van der Waals surface area contributed by atoms with E-state index in [2.05, 4.69) is 20.8 Å². The number of hydrogen-bond acceptors (Lipinski definition) is 0. The number of rotatable bonds is 9. The molecule has 1 heteroatoms. The Morgan fingerprint density at radius 2 is 0.923 bits per heavy atom. The number of unbranched alkanes of at least 4 members (excludes halogenated alkanes) is 3. The van der Waals surface area contributed by atoms with Crippen molar-refractivity contribution in [2.24, 2.45) is 0 Å². The van der Waals surface area contributed by atoms with Gasteiger partial charge in [-0.2, -0.15) is 0 Å². The predicted molar refractivity (Wildman–Crippen MR) is 64.9 cm³/mol. The van der Waals surface area contributed by atoms with Gasteiger partial charge in [0.1, 0.15) is 0 Å². The van der Waals surface area contributed by atoms with Crippen molar-refractivity contribution in [3.05, 3.63) is 0 Å². The van der Waals surface area contributed by atoms with Crippen molar-refractivity contribution in [2.75, 3.05) is 0 Å². The van der Waals surface area contributed by atoms with E-state index in [-0.39, 0.29) is 13.9 Å². The second-order valence-corrected chi connectivity index (χ2v) is 8.92. The van der Waals surface area contributed by atoms with Gasteiger partial charge in [-0.3, -0.25) is 0 Å². The molecule has 0 spiro atoms. The molecule has 0 amide bonds. The van der Waals surface area contributed by atoms with Gasteiger partial charge in [-0.25, -0.2) is 0 Å². The van der Waals surface area contributed by atoms with Gasteiger partial charge in [-0.1, -0.05) is 0 Å². The van der Waals surface area contributed by atoms with Crippen molar-refractivity contribution in [3.63, 3.8) is 0 Å². The summed E-state index contributed by atoms with van der Waals surface area (Å²) in [4.78, 5) is 0. The minimum absolute atomic E-state index is 0.154. The van der Waals surface area contributed by atoms with Crippen LogP contribution in [0.25, 0.3) is 0 Å². The predicted octanol–water partition coefficient (Wildman–Crippen LogP) is 4.88. The van der Waals surface area contributed by atoms with Crippen LogP contribution in [0.2, 0.25) is 16.0 Å². The average Bonchev–Trinajstić information content (AvgIpc) is 2.17. The molecule has 0 nitrogen and oxygen atoms in total. The van der Waals surface area contributed by atoms with Gasteiger partial charge in [0, 0.05) is 0 Å². The molecule has 0 rings (SSSR count). The monoisotopic (exact) mass is 251 g/mol. The molecule has 0 aromatic rings. The molecule has 0 aliphatic rings. The Balaban J connectivity index is 3.47. The van der Waals surface area contributed by atoms with E-state index in [0.717, 1.165) is 0 Å². The first-order chi connectivity index (χ1) is 6.35. The first kappa shape index (κ1) is 13.5. The Hall–Kier alpha value is 0.519. The van der Waals surface area contributed by atoms with Crippen LogP contribution < -0.4 is 0 Å². The molecule has 0 atom stereocenters. The third-order valence-electron chi connectivity index (χ3n) is 2.36. The van der Waals surface area contributed by atoms with Gasteiger partial charge in [0.2, 0.25) is 0 Å². The molecule has 81 valence electrons. The van der Waals surface area contributed by atoms with E-state index in [9.17, 15) is 0 Å². The van der Waals surface area contributed by atoms with Gasteiger partial charge < -0.3 is 0 Å². The fourth-order valence-electron chi connectivity index (χ4n) is 1.35. The van der Waals surface area contributed by atoms with Crippen LogP contribution >= 0.6 is 0 Å². The van der Waals surface area contributed by atoms with Gasteiger partial charge in [-0.15, -0.1) is 0 Å². The molecule has 0 heterocycles. The third kappa shape index (κ3) is 8.84. The van der Waals surface area contributed by atoms with Gasteiger partial charge in [-0.05, 0) is 0 Å². The molecule has 1 radical (unpaired) electrons. The molecular weight excluding hydrogens is 223 g/mol. The van der Waals surface area contributed by atoms with E-state index in [0.29, 0.717) is 0 Å². The topological polar surface area (TPSA) is 0 Å². The summed E-state index contributed by atoms with van der Waals surface area (Å²) in [6.07, 6.45) is 8.70. The van der Waals surface area contributed by atoms with Gasteiger partial charge in [0.25, 0.3) is 0 Å². The molecule has 0 N–H and O–H groups in total. The van der Waals surface area contributed by atoms with Crippen LogP contribution in [-0.2, 0) is 0 Å². The molecule has 0 fully saturated rings. The van der Waals surface area contributed by atoms with Crippen LogP contribution in [0.15, 0.2) is 0 Å². The molecule has 0 aromatic heterocycles. The zero-order chi connectivity index (χ0) is 9.94. The Kier molecular flexibility index (Phi) is 11.0. The second kappa shape index (κ2) is 10.6. The quantitative estimate of drug-likeness (QED) is 0.511. The molecule has 0 aliphatic carbocycles. The first-order valence-corrected chi connectivity index (χ1v) is 9.62. The van der Waals surface area contributed by atoms with Gasteiger partial charge in [0.05, 0.1) is 0 Å². The van der Waals surface area contributed by atoms with Crippen molar-refractivity contribution >= 4 is 13.9 Å². The zero-order valence-electron chi connectivity index (χ0n) is 9.77. The van der Waals surface area contributed by atoms with E-state index >= 15 is 0 Å². The summed E-state index contributed by atoms with van der Waals surface area (Å²) in [5.41, 5.74) is 0. The van der Waals surface area contributed by atoms with Crippen LogP contribution in [0.1, 0.15) is 59.3 Å². The molecule has 13 heavy (non-hydrogen) atoms. The van der Waals surface area contributed by atoms with E-state index in [1.165, 1.54) is 38.5 Å². The SMILES string of the molecule is CCCC[Se](CCCC)CCCC. The zero-order valence-corrected chi connectivity index (χ0v) is 11.5. The fraction of sp³-hybridized carbons (Fsp3) is 1.00. The van der Waals surface area contributed by atoms with Crippen LogP contribution in [0.5, 0.6) is 0 Å². The van der Waals surface area contributed by atoms with Crippen LogP contribution in [0.4, 0.5) is 0 Å². The summed E-state index contributed by atoms with van der Waals surface area (Å²) in [7, 11) is 0. The van der Waals surface area contributed by atoms with Crippen molar-refractivity contribution in [3.8, 4) is 0 Å². The Morgan fingerprint density at radius 3 is 1.15 bits per heavy atom. The Labute approximate surface area is 89.4 Å². The van der Waals surface area contributed by atoms with Crippen molar-refractivity contribution in [1.29, 1.82) is 0 Å². The molecule has 0 saturated carbocycles. The van der Waals surface area contributed by atoms with E-state index < -0.39 is 0 Å². The molecule has 0 aromatic carbocycles. The summed E-state index contributed by atoms with van der Waals surface area (Å²) in [5, 5.41) is 4.82. The summed E-state index contributed by atoms with van der Waals surface area (Å²) < 4.78 is 0. The van der Waals surface area contributed by atoms with Crippen molar-refractivity contribution in [1.82, 2.24) is 0 Å². The van der Waals surface area contributed by atoms with Crippen LogP contribution in [-0.4, -0.2) is 13.9 Å². The van der Waals surface area contributed by atoms with Crippen molar-refractivity contribution < 1.29 is 0 Å². The molecule has 0 unspecified atom stereocenters. The van der Waals surface area contributed by atoms with Crippen LogP contribution in [0.3, 0.4) is 0 Å². The third-order valence-corrected chi connectivity index (χ3v) is 7.81. The standard InChI is InChI=1S/C12H27Se/c1-4-7-10-13(11-8-5-2)12-9-6-3/h4-12H2,1-3H3. The van der Waals surface area contributed by atoms with Gasteiger partial charge >= 0.3 is 89.2 Å². The fourth-order valence-corrected chi connectivity index (χ4v) is 7.02. The van der Waals surface area contributed by atoms with Crippen LogP contribution in [0, 0.1) is 0 Å². The van der Waals surface area contributed by atoms with E-state index in [4.69, 9.17) is 0 Å². The molecule has 0 aliphatic heterocycles. The minimum atomic E-state index is -0.154. The van der Waals surface area contributed by atoms with Gasteiger partial charge in [0.15, 0.2) is 0 Å². The molecule has 0 saturated heterocycles. The van der Waals surface area contributed by atoms with Crippen molar-refractivity contribution in [2.45, 2.75) is 75.3 Å². The summed E-state index contributed by atoms with van der Waals surface area (Å²) in [5.74, 6) is 0. The average molecular weight is 250 g/mol. The van der Waals surface area contributed by atoms with E-state index in [1.54, 1.807) is 16.0 Å². The maximum atomic E-state index is 2.32. The summed E-state index contributed by atoms with van der Waals surface area (Å²) >= 11 is -0.154. The maximum absolute atomic E-state index is 2.32. The Morgan fingerprint density at radius 1 is 0.615 bits per heavy atom. The normalized spacial score (nSPS) is 11.1. The number of hydrogen-bond donors (Lipinski definition) is 0. The van der Waals surface area contributed by atoms with E-state index in [1.807, 2.05) is 0 Å². The Bertz CT molecular complexity index is 72.1.